The topological polar surface area (TPSA) is 41.1 Å². The van der Waals surface area contributed by atoms with Crippen LogP contribution in [-0.4, -0.2) is 17.2 Å². The average molecular weight is 323 g/mol. The van der Waals surface area contributed by atoms with Gasteiger partial charge in [0.2, 0.25) is 0 Å². The third kappa shape index (κ3) is 2.32. The zero-order valence-corrected chi connectivity index (χ0v) is 13.6. The molecule has 0 bridgehead atoms. The van der Waals surface area contributed by atoms with Gasteiger partial charge in [-0.2, -0.15) is 0 Å². The fourth-order valence-corrected chi connectivity index (χ4v) is 2.94. The van der Waals surface area contributed by atoms with Crippen LogP contribution in [0.25, 0.3) is 11.3 Å². The molecule has 0 fully saturated rings. The van der Waals surface area contributed by atoms with Crippen LogP contribution in [0.5, 0.6) is 0 Å². The van der Waals surface area contributed by atoms with Crippen molar-refractivity contribution in [1.29, 1.82) is 0 Å². The van der Waals surface area contributed by atoms with Gasteiger partial charge in [0.1, 0.15) is 0 Å². The SMILES string of the molecule is Cc1cc2c(cc1Cl)Nc1cc(-c3ccccc3)nnc1N2C. The third-order valence-corrected chi connectivity index (χ3v) is 4.48. The Morgan fingerprint density at radius 2 is 1.78 bits per heavy atom. The summed E-state index contributed by atoms with van der Waals surface area (Å²) in [6.07, 6.45) is 0. The van der Waals surface area contributed by atoms with Crippen molar-refractivity contribution < 1.29 is 0 Å². The number of rotatable bonds is 1. The van der Waals surface area contributed by atoms with Crippen molar-refractivity contribution in [3.63, 3.8) is 0 Å². The highest BCUT2D eigenvalue weighted by atomic mass is 35.5. The minimum atomic E-state index is 0.749. The van der Waals surface area contributed by atoms with Crippen molar-refractivity contribution in [2.45, 2.75) is 6.92 Å². The smallest absolute Gasteiger partial charge is 0.179 e. The highest BCUT2D eigenvalue weighted by Crippen LogP contribution is 2.43. The van der Waals surface area contributed by atoms with Gasteiger partial charge in [0.25, 0.3) is 0 Å². The van der Waals surface area contributed by atoms with E-state index < -0.39 is 0 Å². The molecule has 4 nitrogen and oxygen atoms in total. The summed E-state index contributed by atoms with van der Waals surface area (Å²) in [5.41, 5.74) is 5.86. The monoisotopic (exact) mass is 322 g/mol. The van der Waals surface area contributed by atoms with E-state index in [1.165, 1.54) is 0 Å². The Kier molecular flexibility index (Phi) is 3.20. The maximum Gasteiger partial charge on any atom is 0.179 e. The molecule has 114 valence electrons. The normalized spacial score (nSPS) is 12.4. The Morgan fingerprint density at radius 1 is 1.00 bits per heavy atom. The molecule has 23 heavy (non-hydrogen) atoms. The molecule has 1 N–H and O–H groups in total. The van der Waals surface area contributed by atoms with Gasteiger partial charge >= 0.3 is 0 Å². The van der Waals surface area contributed by atoms with E-state index >= 15 is 0 Å². The summed E-state index contributed by atoms with van der Waals surface area (Å²) in [6.45, 7) is 2.00. The van der Waals surface area contributed by atoms with Gasteiger partial charge in [-0.1, -0.05) is 41.9 Å². The molecule has 2 heterocycles. The Balaban J connectivity index is 1.81. The van der Waals surface area contributed by atoms with E-state index in [1.807, 2.05) is 61.3 Å². The zero-order valence-electron chi connectivity index (χ0n) is 12.8. The van der Waals surface area contributed by atoms with E-state index in [4.69, 9.17) is 11.6 Å². The first-order valence-electron chi connectivity index (χ1n) is 7.37. The number of fused-ring (bicyclic) bond motifs is 2. The van der Waals surface area contributed by atoms with E-state index in [2.05, 4.69) is 21.6 Å². The molecule has 0 amide bonds. The largest absolute Gasteiger partial charge is 0.351 e. The first-order chi connectivity index (χ1) is 11.1. The molecule has 4 rings (SSSR count). The molecule has 0 unspecified atom stereocenters. The van der Waals surface area contributed by atoms with Gasteiger partial charge in [0, 0.05) is 17.6 Å². The molecule has 0 saturated heterocycles. The number of hydrogen-bond acceptors (Lipinski definition) is 4. The molecular formula is C18H15ClN4. The van der Waals surface area contributed by atoms with Gasteiger partial charge < -0.3 is 10.2 Å². The van der Waals surface area contributed by atoms with Crippen LogP contribution < -0.4 is 10.2 Å². The van der Waals surface area contributed by atoms with Crippen molar-refractivity contribution in [1.82, 2.24) is 10.2 Å². The van der Waals surface area contributed by atoms with Crippen molar-refractivity contribution in [2.24, 2.45) is 0 Å². The summed E-state index contributed by atoms with van der Waals surface area (Å²) in [5.74, 6) is 0.805. The molecule has 3 aromatic rings. The Labute approximate surface area is 139 Å². The van der Waals surface area contributed by atoms with E-state index in [0.717, 1.165) is 44.7 Å². The van der Waals surface area contributed by atoms with Crippen molar-refractivity contribution in [3.05, 3.63) is 59.1 Å². The lowest BCUT2D eigenvalue weighted by Gasteiger charge is -2.30. The standard InChI is InChI=1S/C18H15ClN4/c1-11-8-17-15(9-13(11)19)20-16-10-14(12-6-4-3-5-7-12)21-22-18(16)23(17)2/h3-10,20H,1-2H3. The second kappa shape index (κ2) is 5.25. The number of aryl methyl sites for hydroxylation is 1. The van der Waals surface area contributed by atoms with Gasteiger partial charge in [-0.25, -0.2) is 0 Å². The summed E-state index contributed by atoms with van der Waals surface area (Å²) in [7, 11) is 1.99. The lowest BCUT2D eigenvalue weighted by molar-refractivity contribution is 0.987. The molecule has 0 atom stereocenters. The maximum atomic E-state index is 6.26. The number of benzene rings is 2. The predicted molar refractivity (Wildman–Crippen MR) is 95.0 cm³/mol. The van der Waals surface area contributed by atoms with Crippen LogP contribution >= 0.6 is 11.6 Å². The van der Waals surface area contributed by atoms with Crippen molar-refractivity contribution in [3.8, 4) is 11.3 Å². The number of nitrogens with one attached hydrogen (secondary N) is 1. The highest BCUT2D eigenvalue weighted by Gasteiger charge is 2.23. The van der Waals surface area contributed by atoms with Gasteiger partial charge in [-0.3, -0.25) is 0 Å². The fraction of sp³-hybridized carbons (Fsp3) is 0.111. The molecule has 5 heteroatoms. The second-order valence-corrected chi connectivity index (χ2v) is 6.04. The van der Waals surface area contributed by atoms with E-state index in [0.29, 0.717) is 0 Å². The zero-order chi connectivity index (χ0) is 16.0. The fourth-order valence-electron chi connectivity index (χ4n) is 2.78. The lowest BCUT2D eigenvalue weighted by atomic mass is 10.1. The van der Waals surface area contributed by atoms with Crippen LogP contribution in [0.1, 0.15) is 5.56 Å². The summed E-state index contributed by atoms with van der Waals surface area (Å²) in [4.78, 5) is 2.03. The molecule has 0 saturated carbocycles. The quantitative estimate of drug-likeness (QED) is 0.689. The van der Waals surface area contributed by atoms with Gasteiger partial charge in [-0.15, -0.1) is 10.2 Å². The first-order valence-corrected chi connectivity index (χ1v) is 7.75. The van der Waals surface area contributed by atoms with Gasteiger partial charge in [0.15, 0.2) is 5.82 Å². The minimum absolute atomic E-state index is 0.749. The third-order valence-electron chi connectivity index (χ3n) is 4.07. The van der Waals surface area contributed by atoms with Crippen LogP contribution in [0.15, 0.2) is 48.5 Å². The summed E-state index contributed by atoms with van der Waals surface area (Å²) < 4.78 is 0. The van der Waals surface area contributed by atoms with Crippen LogP contribution in [0.4, 0.5) is 22.9 Å². The van der Waals surface area contributed by atoms with Crippen LogP contribution in [0, 0.1) is 6.92 Å². The summed E-state index contributed by atoms with van der Waals surface area (Å²) in [6, 6.07) is 16.1. The Bertz CT molecular complexity index is 893. The van der Waals surface area contributed by atoms with Crippen molar-refractivity contribution in [2.75, 3.05) is 17.3 Å². The average Bonchev–Trinajstić information content (AvgIpc) is 2.57. The van der Waals surface area contributed by atoms with Crippen LogP contribution in [0.2, 0.25) is 5.02 Å². The number of anilines is 4. The minimum Gasteiger partial charge on any atom is -0.351 e. The van der Waals surface area contributed by atoms with Crippen LogP contribution in [0.3, 0.4) is 0 Å². The summed E-state index contributed by atoms with van der Waals surface area (Å²) in [5, 5.41) is 12.9. The van der Waals surface area contributed by atoms with Gasteiger partial charge in [-0.05, 0) is 30.7 Å². The highest BCUT2D eigenvalue weighted by molar-refractivity contribution is 6.32. The molecule has 0 radical (unpaired) electrons. The van der Waals surface area contributed by atoms with E-state index in [9.17, 15) is 0 Å². The van der Waals surface area contributed by atoms with Crippen LogP contribution in [-0.2, 0) is 0 Å². The predicted octanol–water partition coefficient (Wildman–Crippen LogP) is 4.93. The molecule has 1 aliphatic heterocycles. The van der Waals surface area contributed by atoms with E-state index in [1.54, 1.807) is 0 Å². The molecule has 1 aromatic heterocycles. The summed E-state index contributed by atoms with van der Waals surface area (Å²) >= 11 is 6.26. The second-order valence-electron chi connectivity index (χ2n) is 5.64. The molecule has 2 aromatic carbocycles. The first kappa shape index (κ1) is 14.0. The van der Waals surface area contributed by atoms with E-state index in [-0.39, 0.29) is 0 Å². The Hall–Kier alpha value is -2.59. The molecular weight excluding hydrogens is 308 g/mol. The van der Waals surface area contributed by atoms with Gasteiger partial charge in [0.05, 0.1) is 22.8 Å². The number of aromatic nitrogens is 2. The molecule has 1 aliphatic rings. The molecule has 0 aliphatic carbocycles. The lowest BCUT2D eigenvalue weighted by Crippen LogP contribution is -2.20. The number of hydrogen-bond donors (Lipinski definition) is 1. The number of halogens is 1. The molecule has 0 spiro atoms. The maximum absolute atomic E-state index is 6.26. The van der Waals surface area contributed by atoms with Crippen molar-refractivity contribution >= 4 is 34.5 Å². The Morgan fingerprint density at radius 3 is 2.57 bits per heavy atom. The number of nitrogens with zero attached hydrogens (tertiary/aromatic N) is 3.